The van der Waals surface area contributed by atoms with Gasteiger partial charge in [0.1, 0.15) is 11.5 Å². The number of rotatable bonds is 6. The van der Waals surface area contributed by atoms with E-state index in [1.807, 2.05) is 0 Å². The topological polar surface area (TPSA) is 73.2 Å². The van der Waals surface area contributed by atoms with E-state index in [2.05, 4.69) is 10.4 Å². The molecule has 0 atom stereocenters. The van der Waals surface area contributed by atoms with Gasteiger partial charge in [-0.05, 0) is 23.8 Å². The Balaban J connectivity index is 2.16. The minimum atomic E-state index is -4.76. The first-order chi connectivity index (χ1) is 12.2. The lowest BCUT2D eigenvalue weighted by molar-refractivity contribution is -0.138. The number of benzene rings is 1. The molecule has 1 N–H and O–H groups in total. The molecule has 0 aliphatic carbocycles. The first-order valence-corrected chi connectivity index (χ1v) is 7.43. The fourth-order valence-electron chi connectivity index (χ4n) is 2.14. The number of carbonyl (C=O) groups is 1. The number of hydrogen-bond acceptors (Lipinski definition) is 4. The molecular formula is C16H15F4N3O3. The van der Waals surface area contributed by atoms with E-state index in [0.717, 1.165) is 28.9 Å². The van der Waals surface area contributed by atoms with Gasteiger partial charge in [0.15, 0.2) is 0 Å². The van der Waals surface area contributed by atoms with Crippen LogP contribution in [-0.2, 0) is 24.0 Å². The number of ether oxygens (including phenoxy) is 1. The van der Waals surface area contributed by atoms with Crippen molar-refractivity contribution in [1.82, 2.24) is 15.1 Å². The highest BCUT2D eigenvalue weighted by Gasteiger charge is 2.33. The molecule has 1 amide bonds. The van der Waals surface area contributed by atoms with Gasteiger partial charge in [0.05, 0.1) is 18.7 Å². The Bertz CT molecular complexity index is 849. The number of alkyl halides is 3. The van der Waals surface area contributed by atoms with Crippen LogP contribution in [0.15, 0.2) is 35.1 Å². The van der Waals surface area contributed by atoms with Crippen molar-refractivity contribution in [1.29, 1.82) is 0 Å². The maximum Gasteiger partial charge on any atom is 0.416 e. The Morgan fingerprint density at radius 3 is 2.65 bits per heavy atom. The average Bonchev–Trinajstić information content (AvgIpc) is 2.58. The largest absolute Gasteiger partial charge is 0.416 e. The summed E-state index contributed by atoms with van der Waals surface area (Å²) >= 11 is 0. The molecular weight excluding hydrogens is 358 g/mol. The van der Waals surface area contributed by atoms with Crippen LogP contribution in [0, 0.1) is 5.82 Å². The summed E-state index contributed by atoms with van der Waals surface area (Å²) in [5, 5.41) is 6.12. The van der Waals surface area contributed by atoms with Crippen molar-refractivity contribution in [2.24, 2.45) is 0 Å². The van der Waals surface area contributed by atoms with Gasteiger partial charge in [0.25, 0.3) is 11.5 Å². The Kier molecular flexibility index (Phi) is 6.09. The molecule has 1 heterocycles. The van der Waals surface area contributed by atoms with E-state index in [1.165, 1.54) is 7.11 Å². The molecule has 0 saturated heterocycles. The summed E-state index contributed by atoms with van der Waals surface area (Å²) in [6, 6.07) is 4.48. The molecule has 0 bridgehead atoms. The van der Waals surface area contributed by atoms with Gasteiger partial charge in [0, 0.05) is 19.7 Å². The maximum atomic E-state index is 13.1. The second kappa shape index (κ2) is 8.09. The third kappa shape index (κ3) is 4.88. The smallest absolute Gasteiger partial charge is 0.383 e. The standard InChI is InChI=1S/C16H15F4N3O3/c1-26-7-6-23-14(24)5-4-13(22-23)15(25)21-9-10-2-3-11(17)8-12(10)16(18,19)20/h2-5,8H,6-7,9H2,1H3,(H,21,25). The van der Waals surface area contributed by atoms with Crippen LogP contribution in [0.4, 0.5) is 17.6 Å². The Hall–Kier alpha value is -2.75. The molecule has 0 aliphatic rings. The lowest BCUT2D eigenvalue weighted by atomic mass is 10.1. The zero-order chi connectivity index (χ0) is 19.3. The minimum Gasteiger partial charge on any atom is -0.383 e. The van der Waals surface area contributed by atoms with Crippen LogP contribution < -0.4 is 10.9 Å². The van der Waals surface area contributed by atoms with Gasteiger partial charge >= 0.3 is 6.18 Å². The van der Waals surface area contributed by atoms with E-state index in [0.29, 0.717) is 6.07 Å². The molecule has 140 valence electrons. The number of methoxy groups -OCH3 is 1. The molecule has 0 radical (unpaired) electrons. The van der Waals surface area contributed by atoms with Crippen LogP contribution >= 0.6 is 0 Å². The zero-order valence-electron chi connectivity index (χ0n) is 13.6. The molecule has 6 nitrogen and oxygen atoms in total. The molecule has 10 heteroatoms. The molecule has 26 heavy (non-hydrogen) atoms. The Morgan fingerprint density at radius 1 is 1.27 bits per heavy atom. The summed E-state index contributed by atoms with van der Waals surface area (Å²) in [5.41, 5.74) is -2.05. The highest BCUT2D eigenvalue weighted by molar-refractivity contribution is 5.91. The van der Waals surface area contributed by atoms with Crippen LogP contribution in [0.1, 0.15) is 21.6 Å². The molecule has 2 rings (SSSR count). The molecule has 2 aromatic rings. The molecule has 0 saturated carbocycles. The van der Waals surface area contributed by atoms with Gasteiger partial charge in [-0.15, -0.1) is 0 Å². The summed E-state index contributed by atoms with van der Waals surface area (Å²) in [6.07, 6.45) is -4.76. The second-order valence-corrected chi connectivity index (χ2v) is 5.25. The number of hydrogen-bond donors (Lipinski definition) is 1. The average molecular weight is 373 g/mol. The van der Waals surface area contributed by atoms with E-state index in [4.69, 9.17) is 4.74 Å². The van der Waals surface area contributed by atoms with Gasteiger partial charge in [-0.2, -0.15) is 18.3 Å². The van der Waals surface area contributed by atoms with Crippen LogP contribution in [0.3, 0.4) is 0 Å². The minimum absolute atomic E-state index is 0.118. The van der Waals surface area contributed by atoms with Gasteiger partial charge in [-0.3, -0.25) is 9.59 Å². The van der Waals surface area contributed by atoms with Gasteiger partial charge in [-0.25, -0.2) is 9.07 Å². The number of nitrogens with one attached hydrogen (secondary N) is 1. The summed E-state index contributed by atoms with van der Waals surface area (Å²) in [7, 11) is 1.43. The van der Waals surface area contributed by atoms with Crippen LogP contribution in [0.5, 0.6) is 0 Å². The molecule has 0 fully saturated rings. The number of carbonyl (C=O) groups excluding carboxylic acids is 1. The summed E-state index contributed by atoms with van der Waals surface area (Å²) in [5.74, 6) is -1.80. The number of nitrogens with zero attached hydrogens (tertiary/aromatic N) is 2. The normalized spacial score (nSPS) is 11.4. The van der Waals surface area contributed by atoms with E-state index in [9.17, 15) is 27.2 Å². The van der Waals surface area contributed by atoms with E-state index >= 15 is 0 Å². The lowest BCUT2D eigenvalue weighted by Crippen LogP contribution is -2.30. The fraction of sp³-hybridized carbons (Fsp3) is 0.312. The van der Waals surface area contributed by atoms with E-state index < -0.39 is 35.6 Å². The first-order valence-electron chi connectivity index (χ1n) is 7.43. The summed E-state index contributed by atoms with van der Waals surface area (Å²) in [4.78, 5) is 23.7. The summed E-state index contributed by atoms with van der Waals surface area (Å²) in [6.45, 7) is -0.165. The third-order valence-electron chi connectivity index (χ3n) is 3.42. The summed E-state index contributed by atoms with van der Waals surface area (Å²) < 4.78 is 57.8. The quantitative estimate of drug-likeness (QED) is 0.786. The van der Waals surface area contributed by atoms with Crippen molar-refractivity contribution in [2.75, 3.05) is 13.7 Å². The van der Waals surface area contributed by atoms with Crippen molar-refractivity contribution in [2.45, 2.75) is 19.3 Å². The molecule has 1 aromatic heterocycles. The number of halogens is 4. The van der Waals surface area contributed by atoms with Crippen molar-refractivity contribution < 1.29 is 27.1 Å². The first kappa shape index (κ1) is 19.6. The van der Waals surface area contributed by atoms with Crippen molar-refractivity contribution in [3.63, 3.8) is 0 Å². The van der Waals surface area contributed by atoms with Gasteiger partial charge in [-0.1, -0.05) is 6.07 Å². The highest BCUT2D eigenvalue weighted by Crippen LogP contribution is 2.32. The van der Waals surface area contributed by atoms with E-state index in [1.54, 1.807) is 0 Å². The van der Waals surface area contributed by atoms with Crippen molar-refractivity contribution in [3.8, 4) is 0 Å². The van der Waals surface area contributed by atoms with Crippen molar-refractivity contribution in [3.05, 3.63) is 63.3 Å². The predicted octanol–water partition coefficient (Wildman–Crippen LogP) is 1.98. The SMILES string of the molecule is COCCn1nc(C(=O)NCc2ccc(F)cc2C(F)(F)F)ccc1=O. The van der Waals surface area contributed by atoms with Gasteiger partial charge in [0.2, 0.25) is 0 Å². The molecule has 0 spiro atoms. The Labute approximate surface area is 145 Å². The number of aromatic nitrogens is 2. The fourth-order valence-corrected chi connectivity index (χ4v) is 2.14. The van der Waals surface area contributed by atoms with E-state index in [-0.39, 0.29) is 24.4 Å². The zero-order valence-corrected chi connectivity index (χ0v) is 13.6. The lowest BCUT2D eigenvalue weighted by Gasteiger charge is -2.13. The number of amides is 1. The molecule has 0 aliphatic heterocycles. The molecule has 1 aromatic carbocycles. The highest BCUT2D eigenvalue weighted by atomic mass is 19.4. The van der Waals surface area contributed by atoms with Crippen LogP contribution in [0.2, 0.25) is 0 Å². The Morgan fingerprint density at radius 2 is 2.00 bits per heavy atom. The monoisotopic (exact) mass is 373 g/mol. The van der Waals surface area contributed by atoms with Crippen molar-refractivity contribution >= 4 is 5.91 Å². The van der Waals surface area contributed by atoms with Crippen LogP contribution in [0.25, 0.3) is 0 Å². The maximum absolute atomic E-state index is 13.1. The third-order valence-corrected chi connectivity index (χ3v) is 3.42. The predicted molar refractivity (Wildman–Crippen MR) is 82.9 cm³/mol. The second-order valence-electron chi connectivity index (χ2n) is 5.25. The molecule has 0 unspecified atom stereocenters. The van der Waals surface area contributed by atoms with Crippen LogP contribution in [-0.4, -0.2) is 29.4 Å². The van der Waals surface area contributed by atoms with Gasteiger partial charge < -0.3 is 10.1 Å².